The zero-order valence-corrected chi connectivity index (χ0v) is 15.8. The minimum atomic E-state index is -0.214. The summed E-state index contributed by atoms with van der Waals surface area (Å²) in [4.78, 5) is 14.7. The molecule has 27 heavy (non-hydrogen) atoms. The fraction of sp³-hybridized carbons (Fsp3) is 0.318. The standard InChI is InChI=1S/C22H26N2O3/c1-3-27-21-10-6-19(7-11-21)23-22(26)16(2)24-14-12-18(13-15-24)17-4-8-20(25)9-5-17/h4-12,16,25H,3,13-15H2,1-2H3,(H,23,26). The van der Waals surface area contributed by atoms with Gasteiger partial charge in [-0.25, -0.2) is 0 Å². The molecule has 0 fully saturated rings. The van der Waals surface area contributed by atoms with Gasteiger partial charge in [-0.3, -0.25) is 9.69 Å². The molecular formula is C22H26N2O3. The number of anilines is 1. The Bertz CT molecular complexity index is 797. The number of amides is 1. The topological polar surface area (TPSA) is 61.8 Å². The van der Waals surface area contributed by atoms with E-state index in [1.807, 2.05) is 50.2 Å². The molecule has 5 nitrogen and oxygen atoms in total. The number of ether oxygens (including phenoxy) is 1. The SMILES string of the molecule is CCOc1ccc(NC(=O)C(C)N2CC=C(c3ccc(O)cc3)CC2)cc1. The molecule has 1 unspecified atom stereocenters. The van der Waals surface area contributed by atoms with Crippen LogP contribution in [0, 0.1) is 0 Å². The quantitative estimate of drug-likeness (QED) is 0.814. The maximum atomic E-state index is 12.6. The number of nitrogens with zero attached hydrogens (tertiary/aromatic N) is 1. The fourth-order valence-electron chi connectivity index (χ4n) is 3.19. The van der Waals surface area contributed by atoms with Crippen LogP contribution in [0.2, 0.25) is 0 Å². The lowest BCUT2D eigenvalue weighted by molar-refractivity contribution is -0.120. The lowest BCUT2D eigenvalue weighted by Gasteiger charge is -2.31. The number of hydrogen-bond donors (Lipinski definition) is 2. The van der Waals surface area contributed by atoms with E-state index in [0.29, 0.717) is 6.61 Å². The van der Waals surface area contributed by atoms with Crippen molar-refractivity contribution in [1.29, 1.82) is 0 Å². The van der Waals surface area contributed by atoms with Crippen LogP contribution in [0.3, 0.4) is 0 Å². The van der Waals surface area contributed by atoms with Crippen molar-refractivity contribution in [3.8, 4) is 11.5 Å². The second kappa shape index (κ2) is 8.73. The first-order chi connectivity index (χ1) is 13.1. The highest BCUT2D eigenvalue weighted by Gasteiger charge is 2.23. The predicted octanol–water partition coefficient (Wildman–Crippen LogP) is 3.91. The number of phenolic OH excluding ortho intramolecular Hbond substituents is 1. The summed E-state index contributed by atoms with van der Waals surface area (Å²) < 4.78 is 5.42. The number of benzene rings is 2. The van der Waals surface area contributed by atoms with Crippen molar-refractivity contribution in [2.75, 3.05) is 25.0 Å². The van der Waals surface area contributed by atoms with Crippen LogP contribution in [-0.2, 0) is 4.79 Å². The van der Waals surface area contributed by atoms with Crippen molar-refractivity contribution in [3.63, 3.8) is 0 Å². The van der Waals surface area contributed by atoms with Gasteiger partial charge in [0.25, 0.3) is 0 Å². The number of nitrogens with one attached hydrogen (secondary N) is 1. The Morgan fingerprint density at radius 2 is 1.89 bits per heavy atom. The Morgan fingerprint density at radius 1 is 1.19 bits per heavy atom. The van der Waals surface area contributed by atoms with Crippen LogP contribution in [0.1, 0.15) is 25.8 Å². The Balaban J connectivity index is 1.57. The molecule has 0 aromatic heterocycles. The third-order valence-corrected chi connectivity index (χ3v) is 4.84. The largest absolute Gasteiger partial charge is 0.508 e. The number of carbonyl (C=O) groups excluding carboxylic acids is 1. The molecule has 1 atom stereocenters. The smallest absolute Gasteiger partial charge is 0.241 e. The normalized spacial score (nSPS) is 15.7. The maximum Gasteiger partial charge on any atom is 0.241 e. The van der Waals surface area contributed by atoms with E-state index >= 15 is 0 Å². The van der Waals surface area contributed by atoms with E-state index in [2.05, 4.69) is 16.3 Å². The molecule has 0 aliphatic carbocycles. The number of carbonyl (C=O) groups is 1. The van der Waals surface area contributed by atoms with Crippen LogP contribution in [0.4, 0.5) is 5.69 Å². The van der Waals surface area contributed by atoms with E-state index in [1.54, 1.807) is 12.1 Å². The molecule has 1 heterocycles. The van der Waals surface area contributed by atoms with Crippen molar-refractivity contribution < 1.29 is 14.6 Å². The highest BCUT2D eigenvalue weighted by molar-refractivity contribution is 5.94. The van der Waals surface area contributed by atoms with Crippen LogP contribution in [-0.4, -0.2) is 41.7 Å². The van der Waals surface area contributed by atoms with Gasteiger partial charge in [-0.15, -0.1) is 0 Å². The number of hydrogen-bond acceptors (Lipinski definition) is 4. The molecule has 2 N–H and O–H groups in total. The van der Waals surface area contributed by atoms with Gasteiger partial charge < -0.3 is 15.2 Å². The fourth-order valence-corrected chi connectivity index (χ4v) is 3.19. The minimum Gasteiger partial charge on any atom is -0.508 e. The molecule has 5 heteroatoms. The van der Waals surface area contributed by atoms with E-state index < -0.39 is 0 Å². The van der Waals surface area contributed by atoms with Gasteiger partial charge >= 0.3 is 0 Å². The summed E-state index contributed by atoms with van der Waals surface area (Å²) in [7, 11) is 0. The molecular weight excluding hydrogens is 340 g/mol. The van der Waals surface area contributed by atoms with Gasteiger partial charge in [0.05, 0.1) is 12.6 Å². The van der Waals surface area contributed by atoms with Crippen molar-refractivity contribution in [1.82, 2.24) is 4.90 Å². The van der Waals surface area contributed by atoms with Crippen molar-refractivity contribution >= 4 is 17.2 Å². The summed E-state index contributed by atoms with van der Waals surface area (Å²) in [5, 5.41) is 12.4. The zero-order chi connectivity index (χ0) is 19.2. The molecule has 1 amide bonds. The molecule has 1 aliphatic rings. The van der Waals surface area contributed by atoms with Crippen LogP contribution in [0.5, 0.6) is 11.5 Å². The Kier molecular flexibility index (Phi) is 6.14. The average Bonchev–Trinajstić information content (AvgIpc) is 2.70. The highest BCUT2D eigenvalue weighted by Crippen LogP contribution is 2.25. The zero-order valence-electron chi connectivity index (χ0n) is 15.8. The lowest BCUT2D eigenvalue weighted by atomic mass is 9.98. The summed E-state index contributed by atoms with van der Waals surface area (Å²) in [5.41, 5.74) is 3.15. The summed E-state index contributed by atoms with van der Waals surface area (Å²) in [5.74, 6) is 1.06. The first-order valence-electron chi connectivity index (χ1n) is 9.33. The number of rotatable bonds is 6. The monoisotopic (exact) mass is 366 g/mol. The summed E-state index contributed by atoms with van der Waals surface area (Å²) >= 11 is 0. The van der Waals surface area contributed by atoms with Crippen LogP contribution < -0.4 is 10.1 Å². The van der Waals surface area contributed by atoms with Crippen LogP contribution in [0.25, 0.3) is 5.57 Å². The van der Waals surface area contributed by atoms with Gasteiger partial charge in [-0.1, -0.05) is 18.2 Å². The Labute approximate surface area is 160 Å². The first-order valence-corrected chi connectivity index (χ1v) is 9.33. The number of aromatic hydroxyl groups is 1. The summed E-state index contributed by atoms with van der Waals surface area (Å²) in [6, 6.07) is 14.5. The third-order valence-electron chi connectivity index (χ3n) is 4.84. The molecule has 3 rings (SSSR count). The molecule has 0 saturated carbocycles. The first kappa shape index (κ1) is 19.0. The third kappa shape index (κ3) is 4.89. The van der Waals surface area contributed by atoms with E-state index in [4.69, 9.17) is 4.74 Å². The highest BCUT2D eigenvalue weighted by atomic mass is 16.5. The van der Waals surface area contributed by atoms with E-state index in [9.17, 15) is 9.90 Å². The van der Waals surface area contributed by atoms with Gasteiger partial charge in [0.15, 0.2) is 0 Å². The van der Waals surface area contributed by atoms with Gasteiger partial charge in [-0.05, 0) is 67.8 Å². The Hall–Kier alpha value is -2.79. The predicted molar refractivity (Wildman–Crippen MR) is 108 cm³/mol. The molecule has 2 aromatic carbocycles. The van der Waals surface area contributed by atoms with E-state index in [0.717, 1.165) is 36.5 Å². The second-order valence-electron chi connectivity index (χ2n) is 6.64. The molecule has 142 valence electrons. The lowest BCUT2D eigenvalue weighted by Crippen LogP contribution is -2.44. The average molecular weight is 366 g/mol. The second-order valence-corrected chi connectivity index (χ2v) is 6.64. The molecule has 2 aromatic rings. The van der Waals surface area contributed by atoms with Gasteiger partial charge in [0.1, 0.15) is 11.5 Å². The molecule has 1 aliphatic heterocycles. The van der Waals surface area contributed by atoms with E-state index in [-0.39, 0.29) is 17.7 Å². The van der Waals surface area contributed by atoms with Gasteiger partial charge in [-0.2, -0.15) is 0 Å². The Morgan fingerprint density at radius 3 is 2.48 bits per heavy atom. The van der Waals surface area contributed by atoms with Crippen molar-refractivity contribution in [2.45, 2.75) is 26.3 Å². The van der Waals surface area contributed by atoms with E-state index in [1.165, 1.54) is 5.57 Å². The van der Waals surface area contributed by atoms with Gasteiger partial charge in [0, 0.05) is 18.8 Å². The molecule has 0 saturated heterocycles. The van der Waals surface area contributed by atoms with Gasteiger partial charge in [0.2, 0.25) is 5.91 Å². The summed E-state index contributed by atoms with van der Waals surface area (Å²) in [6.45, 7) is 6.05. The number of phenols is 1. The van der Waals surface area contributed by atoms with Crippen molar-refractivity contribution in [2.24, 2.45) is 0 Å². The molecule has 0 bridgehead atoms. The summed E-state index contributed by atoms with van der Waals surface area (Å²) in [6.07, 6.45) is 3.04. The van der Waals surface area contributed by atoms with Crippen LogP contribution in [0.15, 0.2) is 54.6 Å². The molecule has 0 radical (unpaired) electrons. The maximum absolute atomic E-state index is 12.6. The minimum absolute atomic E-state index is 0.0133. The molecule has 0 spiro atoms. The van der Waals surface area contributed by atoms with Crippen molar-refractivity contribution in [3.05, 3.63) is 60.2 Å². The van der Waals surface area contributed by atoms with Crippen LogP contribution >= 0.6 is 0 Å².